The second-order valence-corrected chi connectivity index (χ2v) is 2.97. The Morgan fingerprint density at radius 1 is 1.19 bits per heavy atom. The Morgan fingerprint density at radius 3 is 2.50 bits per heavy atom. The summed E-state index contributed by atoms with van der Waals surface area (Å²) in [4.78, 5) is 22.3. The molecule has 1 aromatic carbocycles. The van der Waals surface area contributed by atoms with Crippen molar-refractivity contribution in [1.82, 2.24) is 0 Å². The van der Waals surface area contributed by atoms with Gasteiger partial charge in [0.1, 0.15) is 6.54 Å². The van der Waals surface area contributed by atoms with E-state index in [-0.39, 0.29) is 6.54 Å². The number of esters is 2. The van der Waals surface area contributed by atoms with Gasteiger partial charge in [-0.25, -0.2) is 4.79 Å². The molecular weight excluding hydrogens is 210 g/mol. The Kier molecular flexibility index (Phi) is 4.32. The van der Waals surface area contributed by atoms with Crippen molar-refractivity contribution in [2.45, 2.75) is 0 Å². The standard InChI is InChI=1S/C11H13NO4/c1-15-10(13)7-12-9-6-4-3-5-8(9)11(14)16-2/h3-6,12H,7H2,1-2H3. The zero-order chi connectivity index (χ0) is 12.0. The van der Waals surface area contributed by atoms with Gasteiger partial charge in [0.15, 0.2) is 0 Å². The number of hydrogen-bond donors (Lipinski definition) is 1. The molecule has 1 rings (SSSR count). The summed E-state index contributed by atoms with van der Waals surface area (Å²) in [5.74, 6) is -0.854. The highest BCUT2D eigenvalue weighted by atomic mass is 16.5. The fraction of sp³-hybridized carbons (Fsp3) is 0.273. The molecule has 0 bridgehead atoms. The third-order valence-corrected chi connectivity index (χ3v) is 1.98. The van der Waals surface area contributed by atoms with Crippen LogP contribution in [0.4, 0.5) is 5.69 Å². The minimum absolute atomic E-state index is 0.00447. The summed E-state index contributed by atoms with van der Waals surface area (Å²) in [5, 5.41) is 2.80. The minimum Gasteiger partial charge on any atom is -0.468 e. The number of hydrogen-bond acceptors (Lipinski definition) is 5. The fourth-order valence-electron chi connectivity index (χ4n) is 1.16. The Labute approximate surface area is 93.4 Å². The van der Waals surface area contributed by atoms with E-state index >= 15 is 0 Å². The molecule has 16 heavy (non-hydrogen) atoms. The van der Waals surface area contributed by atoms with Crippen LogP contribution in [0.5, 0.6) is 0 Å². The van der Waals surface area contributed by atoms with Crippen molar-refractivity contribution < 1.29 is 19.1 Å². The van der Waals surface area contributed by atoms with Gasteiger partial charge < -0.3 is 14.8 Å². The van der Waals surface area contributed by atoms with Crippen LogP contribution in [0.25, 0.3) is 0 Å². The van der Waals surface area contributed by atoms with Gasteiger partial charge in [-0.3, -0.25) is 4.79 Å². The van der Waals surface area contributed by atoms with Crippen LogP contribution in [-0.4, -0.2) is 32.7 Å². The molecule has 1 N–H and O–H groups in total. The lowest BCUT2D eigenvalue weighted by Gasteiger charge is -2.09. The largest absolute Gasteiger partial charge is 0.468 e. The van der Waals surface area contributed by atoms with Crippen molar-refractivity contribution >= 4 is 17.6 Å². The summed E-state index contributed by atoms with van der Waals surface area (Å²) in [6.45, 7) is 0.00447. The van der Waals surface area contributed by atoms with Crippen LogP contribution >= 0.6 is 0 Å². The normalized spacial score (nSPS) is 9.38. The molecule has 5 heteroatoms. The Balaban J connectivity index is 2.79. The van der Waals surface area contributed by atoms with Gasteiger partial charge >= 0.3 is 11.9 Å². The highest BCUT2D eigenvalue weighted by Gasteiger charge is 2.11. The van der Waals surface area contributed by atoms with Crippen LogP contribution < -0.4 is 5.32 Å². The van der Waals surface area contributed by atoms with Crippen LogP contribution in [0, 0.1) is 0 Å². The molecule has 0 radical (unpaired) electrons. The first-order valence-electron chi connectivity index (χ1n) is 4.67. The monoisotopic (exact) mass is 223 g/mol. The zero-order valence-electron chi connectivity index (χ0n) is 9.15. The molecule has 0 unspecified atom stereocenters. The minimum atomic E-state index is -0.451. The lowest BCUT2D eigenvalue weighted by atomic mass is 10.2. The van der Waals surface area contributed by atoms with Crippen molar-refractivity contribution in [1.29, 1.82) is 0 Å². The molecule has 0 saturated carbocycles. The van der Waals surface area contributed by atoms with Gasteiger partial charge in [-0.05, 0) is 12.1 Å². The van der Waals surface area contributed by atoms with E-state index < -0.39 is 11.9 Å². The molecule has 86 valence electrons. The first-order chi connectivity index (χ1) is 7.69. The molecule has 0 saturated heterocycles. The number of nitrogens with one attached hydrogen (secondary N) is 1. The number of methoxy groups -OCH3 is 2. The third kappa shape index (κ3) is 2.98. The van der Waals surface area contributed by atoms with E-state index in [0.29, 0.717) is 11.3 Å². The number of para-hydroxylation sites is 1. The first kappa shape index (κ1) is 12.0. The summed E-state index contributed by atoms with van der Waals surface area (Å²) in [5.41, 5.74) is 0.925. The molecule has 0 aliphatic heterocycles. The molecule has 0 heterocycles. The van der Waals surface area contributed by atoms with Gasteiger partial charge in [0.05, 0.1) is 19.8 Å². The number of rotatable bonds is 4. The van der Waals surface area contributed by atoms with Gasteiger partial charge in [0.2, 0.25) is 0 Å². The predicted molar refractivity (Wildman–Crippen MR) is 58.3 cm³/mol. The van der Waals surface area contributed by atoms with Crippen LogP contribution in [0.3, 0.4) is 0 Å². The second kappa shape index (κ2) is 5.75. The van der Waals surface area contributed by atoms with Gasteiger partial charge in [0, 0.05) is 5.69 Å². The molecule has 0 spiro atoms. The van der Waals surface area contributed by atoms with Crippen molar-refractivity contribution in [2.24, 2.45) is 0 Å². The van der Waals surface area contributed by atoms with E-state index in [0.717, 1.165) is 0 Å². The maximum atomic E-state index is 11.4. The van der Waals surface area contributed by atoms with Crippen molar-refractivity contribution in [3.63, 3.8) is 0 Å². The van der Waals surface area contributed by atoms with Crippen molar-refractivity contribution in [3.05, 3.63) is 29.8 Å². The lowest BCUT2D eigenvalue weighted by Crippen LogP contribution is -2.17. The predicted octanol–water partition coefficient (Wildman–Crippen LogP) is 1.06. The molecule has 0 aromatic heterocycles. The summed E-state index contributed by atoms with van der Waals surface area (Å²) in [7, 11) is 2.61. The fourth-order valence-corrected chi connectivity index (χ4v) is 1.16. The topological polar surface area (TPSA) is 64.6 Å². The van der Waals surface area contributed by atoms with E-state index in [1.807, 2.05) is 0 Å². The van der Waals surface area contributed by atoms with E-state index in [1.54, 1.807) is 24.3 Å². The molecule has 0 aliphatic rings. The number of carbonyl (C=O) groups excluding carboxylic acids is 2. The van der Waals surface area contributed by atoms with E-state index in [9.17, 15) is 9.59 Å². The van der Waals surface area contributed by atoms with Crippen molar-refractivity contribution in [2.75, 3.05) is 26.1 Å². The Bertz CT molecular complexity index is 389. The summed E-state index contributed by atoms with van der Waals surface area (Å²) >= 11 is 0. The number of anilines is 1. The summed E-state index contributed by atoms with van der Waals surface area (Å²) in [6, 6.07) is 6.78. The molecular formula is C11H13NO4. The van der Waals surface area contributed by atoms with Gasteiger partial charge in [0.25, 0.3) is 0 Å². The molecule has 5 nitrogen and oxygen atoms in total. The van der Waals surface area contributed by atoms with Crippen LogP contribution in [-0.2, 0) is 14.3 Å². The maximum absolute atomic E-state index is 11.4. The van der Waals surface area contributed by atoms with Gasteiger partial charge in [-0.15, -0.1) is 0 Å². The highest BCUT2D eigenvalue weighted by molar-refractivity contribution is 5.96. The van der Waals surface area contributed by atoms with E-state index in [4.69, 9.17) is 0 Å². The molecule has 0 atom stereocenters. The lowest BCUT2D eigenvalue weighted by molar-refractivity contribution is -0.138. The SMILES string of the molecule is COC(=O)CNc1ccccc1C(=O)OC. The van der Waals surface area contributed by atoms with E-state index in [1.165, 1.54) is 14.2 Å². The third-order valence-electron chi connectivity index (χ3n) is 1.98. The zero-order valence-corrected chi connectivity index (χ0v) is 9.15. The van der Waals surface area contributed by atoms with Gasteiger partial charge in [-0.2, -0.15) is 0 Å². The summed E-state index contributed by atoms with van der Waals surface area (Å²) < 4.78 is 9.10. The van der Waals surface area contributed by atoms with Gasteiger partial charge in [-0.1, -0.05) is 12.1 Å². The highest BCUT2D eigenvalue weighted by Crippen LogP contribution is 2.15. The number of benzene rings is 1. The summed E-state index contributed by atoms with van der Waals surface area (Å²) in [6.07, 6.45) is 0. The first-order valence-corrected chi connectivity index (χ1v) is 4.67. The number of ether oxygens (including phenoxy) is 2. The molecule has 0 amide bonds. The Morgan fingerprint density at radius 2 is 1.88 bits per heavy atom. The quantitative estimate of drug-likeness (QED) is 0.773. The van der Waals surface area contributed by atoms with E-state index in [2.05, 4.69) is 14.8 Å². The average molecular weight is 223 g/mol. The average Bonchev–Trinajstić information content (AvgIpc) is 2.35. The molecule has 1 aromatic rings. The van der Waals surface area contributed by atoms with Crippen LogP contribution in [0.15, 0.2) is 24.3 Å². The Hall–Kier alpha value is -2.04. The van der Waals surface area contributed by atoms with Crippen molar-refractivity contribution in [3.8, 4) is 0 Å². The molecule has 0 fully saturated rings. The van der Waals surface area contributed by atoms with Crippen LogP contribution in [0.2, 0.25) is 0 Å². The van der Waals surface area contributed by atoms with Crippen LogP contribution in [0.1, 0.15) is 10.4 Å². The number of carbonyl (C=O) groups is 2. The second-order valence-electron chi connectivity index (χ2n) is 2.97. The molecule has 0 aliphatic carbocycles. The smallest absolute Gasteiger partial charge is 0.339 e. The maximum Gasteiger partial charge on any atom is 0.339 e.